The van der Waals surface area contributed by atoms with Gasteiger partial charge in [-0.1, -0.05) is 0 Å². The first-order chi connectivity index (χ1) is 8.07. The summed E-state index contributed by atoms with van der Waals surface area (Å²) >= 11 is 0. The molecule has 1 aromatic rings. The second kappa shape index (κ2) is 3.71. The van der Waals surface area contributed by atoms with E-state index in [0.29, 0.717) is 18.7 Å². The fourth-order valence-electron chi connectivity index (χ4n) is 2.57. The van der Waals surface area contributed by atoms with Gasteiger partial charge in [0, 0.05) is 18.7 Å². The molecule has 3 rings (SSSR count). The summed E-state index contributed by atoms with van der Waals surface area (Å²) in [7, 11) is -2.83. The molecule has 0 aliphatic carbocycles. The molecule has 1 saturated heterocycles. The maximum atomic E-state index is 11.4. The van der Waals surface area contributed by atoms with Crippen molar-refractivity contribution in [3.05, 3.63) is 11.3 Å². The normalized spacial score (nSPS) is 23.8. The Morgan fingerprint density at radius 3 is 2.65 bits per heavy atom. The molecular weight excluding hydrogens is 240 g/mol. The van der Waals surface area contributed by atoms with E-state index in [4.69, 9.17) is 5.73 Å². The minimum absolute atomic E-state index is 0.143. The number of anilines is 1. The van der Waals surface area contributed by atoms with E-state index in [0.717, 1.165) is 24.3 Å². The van der Waals surface area contributed by atoms with Gasteiger partial charge in [0.2, 0.25) is 0 Å². The van der Waals surface area contributed by atoms with Gasteiger partial charge in [-0.05, 0) is 12.8 Å². The fraction of sp³-hybridized carbons (Fsp3) is 0.700. The van der Waals surface area contributed by atoms with E-state index in [9.17, 15) is 8.42 Å². The zero-order chi connectivity index (χ0) is 12.0. The van der Waals surface area contributed by atoms with Crippen molar-refractivity contribution < 1.29 is 8.42 Å². The quantitative estimate of drug-likeness (QED) is 0.727. The summed E-state index contributed by atoms with van der Waals surface area (Å²) in [4.78, 5) is 0. The van der Waals surface area contributed by atoms with Crippen molar-refractivity contribution in [2.75, 3.05) is 17.2 Å². The minimum atomic E-state index is -2.83. The van der Waals surface area contributed by atoms with E-state index < -0.39 is 9.84 Å². The average molecular weight is 256 g/mol. The second-order valence-electron chi connectivity index (χ2n) is 4.74. The molecule has 2 aliphatic rings. The topological polar surface area (TPSA) is 90.0 Å². The molecule has 1 aromatic heterocycles. The average Bonchev–Trinajstić information content (AvgIpc) is 2.83. The Hall–Kier alpha value is -1.08. The maximum absolute atomic E-state index is 11.4. The van der Waals surface area contributed by atoms with Gasteiger partial charge in [-0.2, -0.15) is 5.10 Å². The Labute approximate surface area is 100 Å². The lowest BCUT2D eigenvalue weighted by Gasteiger charge is -2.23. The van der Waals surface area contributed by atoms with Gasteiger partial charge in [0.1, 0.15) is 15.7 Å². The minimum Gasteiger partial charge on any atom is -0.384 e. The lowest BCUT2D eigenvalue weighted by molar-refractivity contribution is 0.414. The van der Waals surface area contributed by atoms with Crippen LogP contribution in [0, 0.1) is 0 Å². The summed E-state index contributed by atoms with van der Waals surface area (Å²) in [6.07, 6.45) is 1.25. The van der Waals surface area contributed by atoms with E-state index in [-0.39, 0.29) is 17.5 Å². The van der Waals surface area contributed by atoms with Crippen molar-refractivity contribution in [1.82, 2.24) is 15.1 Å². The molecular formula is C10H16N4O2S. The first kappa shape index (κ1) is 11.0. The molecule has 0 saturated carbocycles. The molecule has 1 fully saturated rings. The van der Waals surface area contributed by atoms with Gasteiger partial charge in [-0.3, -0.25) is 0 Å². The predicted octanol–water partition coefficient (Wildman–Crippen LogP) is -0.182. The number of fused-ring (bicyclic) bond motifs is 1. The highest BCUT2D eigenvalue weighted by molar-refractivity contribution is 7.91. The Kier molecular flexibility index (Phi) is 2.41. The third-order valence-corrected chi connectivity index (χ3v) is 5.31. The number of sulfone groups is 1. The van der Waals surface area contributed by atoms with Gasteiger partial charge in [0.25, 0.3) is 0 Å². The summed E-state index contributed by atoms with van der Waals surface area (Å²) in [5, 5.41) is 7.70. The molecule has 7 heteroatoms. The van der Waals surface area contributed by atoms with Crippen molar-refractivity contribution in [2.24, 2.45) is 0 Å². The molecule has 0 unspecified atom stereocenters. The van der Waals surface area contributed by atoms with Crippen LogP contribution < -0.4 is 11.1 Å². The van der Waals surface area contributed by atoms with Crippen molar-refractivity contribution >= 4 is 15.7 Å². The largest absolute Gasteiger partial charge is 0.384 e. The molecule has 94 valence electrons. The number of nitrogen functional groups attached to an aromatic ring is 1. The van der Waals surface area contributed by atoms with Crippen LogP contribution in [0.3, 0.4) is 0 Å². The predicted molar refractivity (Wildman–Crippen MR) is 64.1 cm³/mol. The lowest BCUT2D eigenvalue weighted by atomic mass is 10.1. The van der Waals surface area contributed by atoms with Gasteiger partial charge < -0.3 is 11.1 Å². The van der Waals surface area contributed by atoms with Crippen LogP contribution in [0.2, 0.25) is 0 Å². The molecule has 0 bridgehead atoms. The molecule has 17 heavy (non-hydrogen) atoms. The Bertz CT molecular complexity index is 535. The zero-order valence-corrected chi connectivity index (χ0v) is 10.3. The first-order valence-corrected chi connectivity index (χ1v) is 7.66. The van der Waals surface area contributed by atoms with Crippen LogP contribution in [0.4, 0.5) is 5.82 Å². The zero-order valence-electron chi connectivity index (χ0n) is 9.52. The number of nitrogens with two attached hydrogens (primary N) is 1. The number of aromatic nitrogens is 2. The molecule has 3 N–H and O–H groups in total. The Morgan fingerprint density at radius 2 is 2.00 bits per heavy atom. The summed E-state index contributed by atoms with van der Waals surface area (Å²) in [5.41, 5.74) is 8.16. The van der Waals surface area contributed by atoms with E-state index in [2.05, 4.69) is 10.4 Å². The molecule has 0 aromatic carbocycles. The van der Waals surface area contributed by atoms with Crippen LogP contribution >= 0.6 is 0 Å². The van der Waals surface area contributed by atoms with E-state index >= 15 is 0 Å². The summed E-state index contributed by atoms with van der Waals surface area (Å²) in [6, 6.07) is 0.143. The number of hydrogen-bond acceptors (Lipinski definition) is 5. The number of rotatable bonds is 1. The SMILES string of the molecule is Nc1c2c(nn1C1CCS(=O)(=O)CC1)CNC2. The molecule has 0 radical (unpaired) electrons. The standard InChI is InChI=1S/C10H16N4O2S/c11-10-8-5-12-6-9(8)13-14(10)7-1-3-17(15,16)4-2-7/h7,12H,1-6,11H2. The third kappa shape index (κ3) is 1.83. The van der Waals surface area contributed by atoms with Crippen LogP contribution in [-0.2, 0) is 22.9 Å². The van der Waals surface area contributed by atoms with Crippen molar-refractivity contribution in [2.45, 2.75) is 32.0 Å². The maximum Gasteiger partial charge on any atom is 0.150 e. The van der Waals surface area contributed by atoms with Crippen molar-refractivity contribution in [3.8, 4) is 0 Å². The first-order valence-electron chi connectivity index (χ1n) is 5.84. The van der Waals surface area contributed by atoms with Crippen LogP contribution in [0.5, 0.6) is 0 Å². The molecule has 0 amide bonds. The lowest BCUT2D eigenvalue weighted by Crippen LogP contribution is -2.27. The summed E-state index contributed by atoms with van der Waals surface area (Å²) < 4.78 is 24.6. The Balaban J connectivity index is 1.86. The van der Waals surface area contributed by atoms with E-state index in [1.54, 1.807) is 0 Å². The summed E-state index contributed by atoms with van der Waals surface area (Å²) in [6.45, 7) is 1.53. The number of nitrogens with zero attached hydrogens (tertiary/aromatic N) is 2. The van der Waals surface area contributed by atoms with Gasteiger partial charge in [-0.15, -0.1) is 0 Å². The molecule has 0 atom stereocenters. The fourth-order valence-corrected chi connectivity index (χ4v) is 4.04. The summed E-state index contributed by atoms with van der Waals surface area (Å²) in [5.74, 6) is 1.20. The van der Waals surface area contributed by atoms with Crippen molar-refractivity contribution in [3.63, 3.8) is 0 Å². The van der Waals surface area contributed by atoms with Gasteiger partial charge in [0.05, 0.1) is 23.2 Å². The Morgan fingerprint density at radius 1 is 1.29 bits per heavy atom. The molecule has 2 aliphatic heterocycles. The highest BCUT2D eigenvalue weighted by Crippen LogP contribution is 2.30. The van der Waals surface area contributed by atoms with Crippen LogP contribution in [-0.4, -0.2) is 29.7 Å². The molecule has 6 nitrogen and oxygen atoms in total. The van der Waals surface area contributed by atoms with E-state index in [1.165, 1.54) is 0 Å². The highest BCUT2D eigenvalue weighted by Gasteiger charge is 2.29. The second-order valence-corrected chi connectivity index (χ2v) is 7.05. The van der Waals surface area contributed by atoms with Gasteiger partial charge in [-0.25, -0.2) is 13.1 Å². The van der Waals surface area contributed by atoms with Crippen molar-refractivity contribution in [1.29, 1.82) is 0 Å². The highest BCUT2D eigenvalue weighted by atomic mass is 32.2. The van der Waals surface area contributed by atoms with Crippen LogP contribution in [0.25, 0.3) is 0 Å². The smallest absolute Gasteiger partial charge is 0.150 e. The van der Waals surface area contributed by atoms with Crippen LogP contribution in [0.15, 0.2) is 0 Å². The molecule has 0 spiro atoms. The van der Waals surface area contributed by atoms with Gasteiger partial charge >= 0.3 is 0 Å². The number of nitrogens with one attached hydrogen (secondary N) is 1. The molecule has 3 heterocycles. The van der Waals surface area contributed by atoms with Crippen LogP contribution in [0.1, 0.15) is 30.1 Å². The third-order valence-electron chi connectivity index (χ3n) is 3.60. The van der Waals surface area contributed by atoms with Gasteiger partial charge in [0.15, 0.2) is 0 Å². The number of hydrogen-bond donors (Lipinski definition) is 2. The van der Waals surface area contributed by atoms with E-state index in [1.807, 2.05) is 4.68 Å². The monoisotopic (exact) mass is 256 g/mol.